The predicted octanol–water partition coefficient (Wildman–Crippen LogP) is 6.57. The van der Waals surface area contributed by atoms with Gasteiger partial charge < -0.3 is 4.74 Å². The average Bonchev–Trinajstić information content (AvgIpc) is 2.55. The minimum absolute atomic E-state index is 0.438. The third-order valence-corrected chi connectivity index (χ3v) is 6.50. The van der Waals surface area contributed by atoms with Gasteiger partial charge in [-0.05, 0) is 50.0 Å². The quantitative estimate of drug-likeness (QED) is 0.259. The first-order chi connectivity index (χ1) is 10.8. The van der Waals surface area contributed by atoms with Crippen molar-refractivity contribution in [2.45, 2.75) is 103 Å². The summed E-state index contributed by atoms with van der Waals surface area (Å²) in [7, 11) is 0.438. The molecule has 0 bridgehead atoms. The van der Waals surface area contributed by atoms with E-state index < -0.39 is 0 Å². The Morgan fingerprint density at radius 1 is 0.864 bits per heavy atom. The zero-order chi connectivity index (χ0) is 15.9. The van der Waals surface area contributed by atoms with Gasteiger partial charge in [0.25, 0.3) is 0 Å². The minimum Gasteiger partial charge on any atom is -0.378 e. The highest BCUT2D eigenvalue weighted by atomic mass is 32.2. The smallest absolute Gasteiger partial charge is 0.0575 e. The van der Waals surface area contributed by atoms with E-state index in [0.29, 0.717) is 16.6 Å². The van der Waals surface area contributed by atoms with Crippen LogP contribution >= 0.6 is 10.5 Å². The molecule has 0 aromatic carbocycles. The first-order valence-electron chi connectivity index (χ1n) is 9.91. The highest BCUT2D eigenvalue weighted by Crippen LogP contribution is 2.20. The summed E-state index contributed by atoms with van der Waals surface area (Å²) in [5.41, 5.74) is 0. The molecule has 0 saturated carbocycles. The van der Waals surface area contributed by atoms with Gasteiger partial charge in [0.2, 0.25) is 0 Å². The van der Waals surface area contributed by atoms with Crippen LogP contribution in [0, 0.1) is 0 Å². The van der Waals surface area contributed by atoms with Crippen molar-refractivity contribution in [1.82, 2.24) is 0 Å². The Balaban J connectivity index is 1.80. The number of rotatable bonds is 14. The lowest BCUT2D eigenvalue weighted by molar-refractivity contribution is 0.00979. The normalized spacial score (nSPS) is 20.1. The fourth-order valence-electron chi connectivity index (χ4n) is 3.26. The Bertz CT molecular complexity index is 258. The summed E-state index contributed by atoms with van der Waals surface area (Å²) >= 11 is 0. The van der Waals surface area contributed by atoms with Crippen molar-refractivity contribution in [1.29, 1.82) is 0 Å². The Hall–Kier alpha value is 0.180. The second-order valence-electron chi connectivity index (χ2n) is 6.98. The monoisotopic (exact) mass is 328 g/mol. The van der Waals surface area contributed by atoms with Crippen LogP contribution in [-0.2, 0) is 4.74 Å². The molecule has 0 aromatic rings. The second-order valence-corrected chi connectivity index (χ2v) is 9.02. The van der Waals surface area contributed by atoms with Gasteiger partial charge in [-0.1, -0.05) is 64.2 Å². The van der Waals surface area contributed by atoms with Crippen molar-refractivity contribution in [3.63, 3.8) is 0 Å². The van der Waals surface area contributed by atoms with Crippen LogP contribution in [0.3, 0.4) is 0 Å². The number of hydrogen-bond donors (Lipinski definition) is 0. The van der Waals surface area contributed by atoms with Crippen LogP contribution in [0.2, 0.25) is 0 Å². The summed E-state index contributed by atoms with van der Waals surface area (Å²) in [6.07, 6.45) is 19.9. The highest BCUT2D eigenvalue weighted by molar-refractivity contribution is 8.14. The van der Waals surface area contributed by atoms with Crippen molar-refractivity contribution in [2.24, 2.45) is 0 Å². The van der Waals surface area contributed by atoms with Gasteiger partial charge in [0.15, 0.2) is 0 Å². The van der Waals surface area contributed by atoms with Crippen LogP contribution < -0.4 is 0 Å². The maximum Gasteiger partial charge on any atom is 0.0575 e. The topological polar surface area (TPSA) is 9.23 Å². The Labute approximate surface area is 142 Å². The summed E-state index contributed by atoms with van der Waals surface area (Å²) in [6.45, 7) is 3.29. The Kier molecular flexibility index (Phi) is 13.6. The first-order valence-corrected chi connectivity index (χ1v) is 11.6. The molecule has 1 rings (SSSR count). The molecule has 2 atom stereocenters. The predicted molar refractivity (Wildman–Crippen MR) is 104 cm³/mol. The molecule has 0 amide bonds. The molecule has 1 aliphatic rings. The summed E-state index contributed by atoms with van der Waals surface area (Å²) < 4.78 is 5.79. The maximum absolute atomic E-state index is 5.79. The maximum atomic E-state index is 5.79. The van der Waals surface area contributed by atoms with E-state index >= 15 is 0 Å². The summed E-state index contributed by atoms with van der Waals surface area (Å²) in [6, 6.07) is 0. The molecule has 2 heteroatoms. The van der Waals surface area contributed by atoms with Crippen LogP contribution in [0.5, 0.6) is 0 Å². The molecule has 0 N–H and O–H groups in total. The molecule has 1 saturated heterocycles. The van der Waals surface area contributed by atoms with E-state index in [4.69, 9.17) is 4.74 Å². The van der Waals surface area contributed by atoms with Crippen LogP contribution in [0.4, 0.5) is 0 Å². The zero-order valence-corrected chi connectivity index (χ0v) is 15.9. The lowest BCUT2D eigenvalue weighted by atomic mass is 10.0. The summed E-state index contributed by atoms with van der Waals surface area (Å²) in [4.78, 5) is 0. The molecule has 1 aliphatic heterocycles. The number of hydrogen-bond acceptors (Lipinski definition) is 1. The fraction of sp³-hybridized carbons (Fsp3) is 0.950. The van der Waals surface area contributed by atoms with E-state index in [1.165, 1.54) is 101 Å². The SMILES string of the molecule is C=S(CCCCCCCC)CCCCCCC1CCCCO1. The molecule has 132 valence electrons. The van der Waals surface area contributed by atoms with E-state index in [0.717, 1.165) is 6.61 Å². The molecular weight excluding hydrogens is 288 g/mol. The molecule has 22 heavy (non-hydrogen) atoms. The molecule has 0 aliphatic carbocycles. The van der Waals surface area contributed by atoms with Gasteiger partial charge in [-0.2, -0.15) is 10.5 Å². The molecule has 0 aromatic heterocycles. The van der Waals surface area contributed by atoms with Gasteiger partial charge in [0, 0.05) is 6.61 Å². The van der Waals surface area contributed by atoms with Crippen molar-refractivity contribution >= 4 is 16.4 Å². The zero-order valence-electron chi connectivity index (χ0n) is 15.1. The van der Waals surface area contributed by atoms with Gasteiger partial charge in [-0.3, -0.25) is 0 Å². The third kappa shape index (κ3) is 11.7. The van der Waals surface area contributed by atoms with E-state index in [1.54, 1.807) is 0 Å². The van der Waals surface area contributed by atoms with E-state index in [9.17, 15) is 0 Å². The minimum atomic E-state index is 0.438. The van der Waals surface area contributed by atoms with E-state index in [1.807, 2.05) is 0 Å². The van der Waals surface area contributed by atoms with Crippen molar-refractivity contribution < 1.29 is 4.74 Å². The molecule has 1 heterocycles. The van der Waals surface area contributed by atoms with Crippen LogP contribution in [0.15, 0.2) is 0 Å². The molecule has 2 unspecified atom stereocenters. The van der Waals surface area contributed by atoms with Gasteiger partial charge in [0.1, 0.15) is 0 Å². The lowest BCUT2D eigenvalue weighted by Gasteiger charge is -2.22. The Morgan fingerprint density at radius 2 is 1.50 bits per heavy atom. The van der Waals surface area contributed by atoms with Crippen molar-refractivity contribution in [3.05, 3.63) is 0 Å². The lowest BCUT2D eigenvalue weighted by Crippen LogP contribution is -2.18. The van der Waals surface area contributed by atoms with Gasteiger partial charge >= 0.3 is 0 Å². The Morgan fingerprint density at radius 3 is 2.14 bits per heavy atom. The highest BCUT2D eigenvalue weighted by Gasteiger charge is 2.12. The third-order valence-electron chi connectivity index (χ3n) is 4.77. The molecule has 1 fully saturated rings. The van der Waals surface area contributed by atoms with Crippen LogP contribution in [0.1, 0.15) is 96.8 Å². The molecular formula is C20H40OS. The fourth-order valence-corrected chi connectivity index (χ4v) is 4.68. The molecule has 0 radical (unpaired) electrons. The van der Waals surface area contributed by atoms with Crippen molar-refractivity contribution in [3.8, 4) is 0 Å². The summed E-state index contributed by atoms with van der Waals surface area (Å²) in [5, 5.41) is 0. The standard InChI is InChI=1S/C20H40OS/c1-3-4-5-6-8-13-18-22(2)19-14-9-7-10-15-20-16-11-12-17-21-20/h20H,2-19H2,1H3. The molecule has 0 spiro atoms. The second kappa shape index (κ2) is 14.8. The number of ether oxygens (including phenoxy) is 1. The van der Waals surface area contributed by atoms with Crippen molar-refractivity contribution in [2.75, 3.05) is 18.1 Å². The van der Waals surface area contributed by atoms with Crippen LogP contribution in [-0.4, -0.2) is 30.1 Å². The summed E-state index contributed by atoms with van der Waals surface area (Å²) in [5.74, 6) is 7.12. The molecule has 1 nitrogen and oxygen atoms in total. The average molecular weight is 329 g/mol. The van der Waals surface area contributed by atoms with Gasteiger partial charge in [-0.25, -0.2) is 0 Å². The largest absolute Gasteiger partial charge is 0.378 e. The van der Waals surface area contributed by atoms with Gasteiger partial charge in [-0.15, -0.1) is 0 Å². The first kappa shape index (κ1) is 20.2. The number of unbranched alkanes of at least 4 members (excludes halogenated alkanes) is 8. The van der Waals surface area contributed by atoms with E-state index in [2.05, 4.69) is 12.8 Å². The van der Waals surface area contributed by atoms with E-state index in [-0.39, 0.29) is 0 Å². The van der Waals surface area contributed by atoms with Crippen LogP contribution in [0.25, 0.3) is 0 Å². The van der Waals surface area contributed by atoms with Gasteiger partial charge in [0.05, 0.1) is 6.10 Å².